The van der Waals surface area contributed by atoms with Gasteiger partial charge in [-0.3, -0.25) is 4.79 Å². The van der Waals surface area contributed by atoms with Gasteiger partial charge in [0, 0.05) is 28.8 Å². The first-order chi connectivity index (χ1) is 18.1. The minimum absolute atomic E-state index is 0. The zero-order chi connectivity index (χ0) is 26.1. The summed E-state index contributed by atoms with van der Waals surface area (Å²) in [7, 11) is 0. The molecule has 1 heterocycles. The van der Waals surface area contributed by atoms with Gasteiger partial charge in [0.1, 0.15) is 11.5 Å². The number of thioether (sulfide) groups is 1. The Morgan fingerprint density at radius 1 is 0.865 bits per heavy atom. The minimum Gasteiger partial charge on any atom is -0.457 e. The van der Waals surface area contributed by atoms with Gasteiger partial charge < -0.3 is 25.6 Å². The zero-order valence-electron chi connectivity index (χ0n) is 21.3. The quantitative estimate of drug-likeness (QED) is 0.297. The molecule has 3 aromatic carbocycles. The SMILES string of the molecule is CSCc1ccccc1.O=C(CNC(=O)Nc1ccc(Oc2ccccc2)cc1)NCCN1CCCC1.[HH].[HH].[HH]. The van der Waals surface area contributed by atoms with Crippen LogP contribution in [0.1, 0.15) is 22.7 Å². The van der Waals surface area contributed by atoms with Crippen LogP contribution >= 0.6 is 11.8 Å². The van der Waals surface area contributed by atoms with E-state index in [9.17, 15) is 9.59 Å². The van der Waals surface area contributed by atoms with Crippen molar-refractivity contribution in [1.29, 1.82) is 0 Å². The predicted molar refractivity (Wildman–Crippen MR) is 159 cm³/mol. The van der Waals surface area contributed by atoms with Crippen molar-refractivity contribution in [2.24, 2.45) is 0 Å². The van der Waals surface area contributed by atoms with E-state index >= 15 is 0 Å². The summed E-state index contributed by atoms with van der Waals surface area (Å²) in [6.45, 7) is 3.61. The monoisotopic (exact) mass is 526 g/mol. The van der Waals surface area contributed by atoms with Gasteiger partial charge in [0.05, 0.1) is 6.54 Å². The average Bonchev–Trinajstić information content (AvgIpc) is 3.44. The summed E-state index contributed by atoms with van der Waals surface area (Å²) in [6, 6.07) is 26.6. The van der Waals surface area contributed by atoms with Gasteiger partial charge in [0.15, 0.2) is 0 Å². The Hall–Kier alpha value is -3.49. The first kappa shape index (κ1) is 28.1. The maximum absolute atomic E-state index is 11.9. The number of hydrogen-bond donors (Lipinski definition) is 3. The standard InChI is InChI=1S/C21H26N4O3.C8H10S.3H2/c26-20(22-12-15-25-13-4-5-14-25)16-23-21(27)24-17-8-10-19(11-9-17)28-18-6-2-1-3-7-18;1-9-7-8-5-3-2-4-6-8;;;/h1-3,6-11H,4-5,12-16H2,(H,22,26)(H2,23,24,27);2-6H,7H2,1H3;3*1H. The molecule has 0 spiro atoms. The Morgan fingerprint density at radius 3 is 2.14 bits per heavy atom. The molecule has 0 radical (unpaired) electrons. The highest BCUT2D eigenvalue weighted by Crippen LogP contribution is 2.22. The second-order valence-electron chi connectivity index (χ2n) is 8.56. The Kier molecular flexibility index (Phi) is 12.4. The number of anilines is 1. The topological polar surface area (TPSA) is 82.7 Å². The van der Waals surface area contributed by atoms with Crippen molar-refractivity contribution in [2.45, 2.75) is 18.6 Å². The van der Waals surface area contributed by atoms with Gasteiger partial charge in [-0.1, -0.05) is 48.5 Å². The summed E-state index contributed by atoms with van der Waals surface area (Å²) in [5.41, 5.74) is 2.03. The Morgan fingerprint density at radius 2 is 1.49 bits per heavy atom. The highest BCUT2D eigenvalue weighted by atomic mass is 32.2. The van der Waals surface area contributed by atoms with Crippen LogP contribution in [0.2, 0.25) is 0 Å². The van der Waals surface area contributed by atoms with Gasteiger partial charge >= 0.3 is 6.03 Å². The first-order valence-electron chi connectivity index (χ1n) is 12.5. The molecule has 3 amide bonds. The smallest absolute Gasteiger partial charge is 0.319 e. The Labute approximate surface area is 228 Å². The molecule has 1 fully saturated rings. The van der Waals surface area contributed by atoms with E-state index in [1.165, 1.54) is 18.4 Å². The number of hydrogen-bond acceptors (Lipinski definition) is 5. The molecule has 0 bridgehead atoms. The van der Waals surface area contributed by atoms with Crippen molar-refractivity contribution < 1.29 is 18.6 Å². The lowest BCUT2D eigenvalue weighted by atomic mass is 10.2. The maximum atomic E-state index is 11.9. The molecular weight excluding hydrogens is 484 g/mol. The molecule has 1 saturated heterocycles. The Bertz CT molecular complexity index is 1070. The number of nitrogens with zero attached hydrogens (tertiary/aromatic N) is 1. The van der Waals surface area contributed by atoms with E-state index in [0.29, 0.717) is 18.0 Å². The van der Waals surface area contributed by atoms with Crippen molar-refractivity contribution in [3.63, 3.8) is 0 Å². The summed E-state index contributed by atoms with van der Waals surface area (Å²) < 4.78 is 5.71. The molecule has 3 aromatic rings. The summed E-state index contributed by atoms with van der Waals surface area (Å²) >= 11 is 1.85. The molecular formula is C29H42N4O3S. The van der Waals surface area contributed by atoms with Crippen LogP contribution in [0.3, 0.4) is 0 Å². The summed E-state index contributed by atoms with van der Waals surface area (Å²) in [4.78, 5) is 26.1. The van der Waals surface area contributed by atoms with Gasteiger partial charge in [0.25, 0.3) is 0 Å². The van der Waals surface area contributed by atoms with Crippen LogP contribution in [-0.4, -0.2) is 55.8 Å². The fraction of sp³-hybridized carbons (Fsp3) is 0.310. The van der Waals surface area contributed by atoms with Crippen LogP contribution in [0, 0.1) is 0 Å². The Balaban J connectivity index is 0.00000109. The number of carbonyl (C=O) groups is 2. The molecule has 37 heavy (non-hydrogen) atoms. The van der Waals surface area contributed by atoms with E-state index in [1.807, 2.05) is 48.2 Å². The van der Waals surface area contributed by atoms with Crippen LogP contribution in [0.5, 0.6) is 11.5 Å². The van der Waals surface area contributed by atoms with Crippen LogP contribution in [0.4, 0.5) is 10.5 Å². The van der Waals surface area contributed by atoms with Gasteiger partial charge in [-0.05, 0) is 74.1 Å². The van der Waals surface area contributed by atoms with Crippen LogP contribution in [-0.2, 0) is 10.5 Å². The summed E-state index contributed by atoms with van der Waals surface area (Å²) in [6.07, 6.45) is 4.58. The van der Waals surface area contributed by atoms with Gasteiger partial charge in [-0.2, -0.15) is 11.8 Å². The molecule has 0 atom stereocenters. The lowest BCUT2D eigenvalue weighted by molar-refractivity contribution is -0.120. The highest BCUT2D eigenvalue weighted by Gasteiger charge is 2.11. The van der Waals surface area contributed by atoms with Gasteiger partial charge in [-0.15, -0.1) is 0 Å². The van der Waals surface area contributed by atoms with Crippen molar-refractivity contribution in [3.05, 3.63) is 90.5 Å². The van der Waals surface area contributed by atoms with Crippen LogP contribution in [0.25, 0.3) is 0 Å². The summed E-state index contributed by atoms with van der Waals surface area (Å²) in [5, 5.41) is 8.07. The molecule has 3 N–H and O–H groups in total. The third-order valence-electron chi connectivity index (χ3n) is 5.60. The number of benzene rings is 3. The number of rotatable bonds is 10. The van der Waals surface area contributed by atoms with Crippen molar-refractivity contribution in [2.75, 3.05) is 44.3 Å². The average molecular weight is 527 g/mol. The van der Waals surface area contributed by atoms with Crippen molar-refractivity contribution >= 4 is 29.4 Å². The molecule has 4 rings (SSSR count). The largest absolute Gasteiger partial charge is 0.457 e. The molecule has 0 aromatic heterocycles. The minimum atomic E-state index is -0.425. The number of likely N-dealkylation sites (tertiary alicyclic amines) is 1. The molecule has 1 aliphatic heterocycles. The van der Waals surface area contributed by atoms with E-state index < -0.39 is 6.03 Å². The molecule has 0 aliphatic carbocycles. The molecule has 0 unspecified atom stereocenters. The number of nitrogens with one attached hydrogen (secondary N) is 3. The fourth-order valence-electron chi connectivity index (χ4n) is 3.73. The highest BCUT2D eigenvalue weighted by molar-refractivity contribution is 7.97. The van der Waals surface area contributed by atoms with Gasteiger partial charge in [0.2, 0.25) is 5.91 Å². The number of amides is 3. The second-order valence-corrected chi connectivity index (χ2v) is 9.43. The molecule has 202 valence electrons. The molecule has 0 saturated carbocycles. The first-order valence-corrected chi connectivity index (χ1v) is 13.9. The third kappa shape index (κ3) is 11.4. The van der Waals surface area contributed by atoms with Crippen LogP contribution in [0.15, 0.2) is 84.9 Å². The van der Waals surface area contributed by atoms with E-state index in [4.69, 9.17) is 4.74 Å². The fourth-order valence-corrected chi connectivity index (χ4v) is 4.26. The zero-order valence-corrected chi connectivity index (χ0v) is 22.1. The van der Waals surface area contributed by atoms with Crippen molar-refractivity contribution in [3.8, 4) is 11.5 Å². The molecule has 7 nitrogen and oxygen atoms in total. The van der Waals surface area contributed by atoms with Crippen LogP contribution < -0.4 is 20.7 Å². The van der Waals surface area contributed by atoms with E-state index in [1.54, 1.807) is 24.3 Å². The van der Waals surface area contributed by atoms with Crippen molar-refractivity contribution in [1.82, 2.24) is 15.5 Å². The number of urea groups is 1. The summed E-state index contributed by atoms with van der Waals surface area (Å²) in [5.74, 6) is 2.35. The number of para-hydroxylation sites is 1. The van der Waals surface area contributed by atoms with E-state index in [0.717, 1.165) is 31.1 Å². The third-order valence-corrected chi connectivity index (χ3v) is 6.23. The lowest BCUT2D eigenvalue weighted by Gasteiger charge is -2.14. The normalized spacial score (nSPS) is 12.7. The maximum Gasteiger partial charge on any atom is 0.319 e. The number of ether oxygens (including phenoxy) is 1. The van der Waals surface area contributed by atoms with E-state index in [2.05, 4.69) is 51.4 Å². The lowest BCUT2D eigenvalue weighted by Crippen LogP contribution is -2.41. The van der Waals surface area contributed by atoms with E-state index in [-0.39, 0.29) is 16.7 Å². The second kappa shape index (κ2) is 16.3. The predicted octanol–water partition coefficient (Wildman–Crippen LogP) is 6.10. The van der Waals surface area contributed by atoms with Gasteiger partial charge in [-0.25, -0.2) is 4.79 Å². The molecule has 8 heteroatoms. The number of carbonyl (C=O) groups excluding carboxylic acids is 2. The molecule has 1 aliphatic rings.